The van der Waals surface area contributed by atoms with Crippen LogP contribution in [0.4, 0.5) is 19.0 Å². The number of halogens is 3. The van der Waals surface area contributed by atoms with Crippen LogP contribution in [0.2, 0.25) is 0 Å². The van der Waals surface area contributed by atoms with Gasteiger partial charge in [-0.05, 0) is 56.9 Å². The molecule has 0 aromatic carbocycles. The molecule has 1 N–H and O–H groups in total. The molecule has 10 heteroatoms. The highest BCUT2D eigenvalue weighted by Crippen LogP contribution is 2.38. The third kappa shape index (κ3) is 4.68. The van der Waals surface area contributed by atoms with Gasteiger partial charge in [0.25, 0.3) is 0 Å². The van der Waals surface area contributed by atoms with E-state index in [4.69, 9.17) is 4.74 Å². The summed E-state index contributed by atoms with van der Waals surface area (Å²) in [6, 6.07) is 5.23. The first kappa shape index (κ1) is 22.0. The predicted octanol–water partition coefficient (Wildman–Crippen LogP) is 4.88. The molecule has 0 saturated heterocycles. The number of nitrogens with zero attached hydrogens (tertiary/aromatic N) is 5. The Labute approximate surface area is 184 Å². The monoisotopic (exact) mass is 446 g/mol. The summed E-state index contributed by atoms with van der Waals surface area (Å²) in [5, 5.41) is 11.6. The van der Waals surface area contributed by atoms with E-state index < -0.39 is 12.1 Å². The van der Waals surface area contributed by atoms with Gasteiger partial charge in [0, 0.05) is 12.2 Å². The summed E-state index contributed by atoms with van der Waals surface area (Å²) in [7, 11) is 1.54. The number of imidazole rings is 1. The molecule has 170 valence electrons. The Morgan fingerprint density at radius 3 is 2.59 bits per heavy atom. The van der Waals surface area contributed by atoms with Crippen molar-refractivity contribution < 1.29 is 17.9 Å². The molecule has 2 unspecified atom stereocenters. The minimum atomic E-state index is -4.16. The second-order valence-corrected chi connectivity index (χ2v) is 8.15. The molecule has 3 heterocycles. The summed E-state index contributed by atoms with van der Waals surface area (Å²) >= 11 is 0. The average Bonchev–Trinajstić information content (AvgIpc) is 3.20. The SMILES string of the molecule is COc1nc(-c2cc(C)c(NC3CCCC(C(F)(F)F)C3)nn2)ccc1-n1cnc(C)c1. The maximum absolute atomic E-state index is 13.1. The van der Waals surface area contributed by atoms with E-state index in [2.05, 4.69) is 25.5 Å². The van der Waals surface area contributed by atoms with E-state index in [0.717, 1.165) is 16.9 Å². The van der Waals surface area contributed by atoms with Crippen molar-refractivity contribution in [3.63, 3.8) is 0 Å². The number of alkyl halides is 3. The largest absolute Gasteiger partial charge is 0.479 e. The van der Waals surface area contributed by atoms with Crippen LogP contribution in [0, 0.1) is 19.8 Å². The highest BCUT2D eigenvalue weighted by molar-refractivity contribution is 5.61. The van der Waals surface area contributed by atoms with Crippen molar-refractivity contribution in [2.75, 3.05) is 12.4 Å². The van der Waals surface area contributed by atoms with Crippen molar-refractivity contribution in [2.24, 2.45) is 5.92 Å². The molecule has 1 saturated carbocycles. The third-order valence-electron chi connectivity index (χ3n) is 5.75. The van der Waals surface area contributed by atoms with Gasteiger partial charge in [0.15, 0.2) is 5.82 Å². The summed E-state index contributed by atoms with van der Waals surface area (Å²) in [6.07, 6.45) is 0.874. The molecular weight excluding hydrogens is 421 g/mol. The molecule has 0 radical (unpaired) electrons. The van der Waals surface area contributed by atoms with Gasteiger partial charge in [-0.2, -0.15) is 13.2 Å². The maximum atomic E-state index is 13.1. The quantitative estimate of drug-likeness (QED) is 0.602. The van der Waals surface area contributed by atoms with Crippen molar-refractivity contribution in [1.29, 1.82) is 0 Å². The van der Waals surface area contributed by atoms with Gasteiger partial charge in [-0.25, -0.2) is 9.97 Å². The highest BCUT2D eigenvalue weighted by atomic mass is 19.4. The molecule has 0 amide bonds. The van der Waals surface area contributed by atoms with Crippen molar-refractivity contribution in [2.45, 2.75) is 51.7 Å². The third-order valence-corrected chi connectivity index (χ3v) is 5.75. The van der Waals surface area contributed by atoms with E-state index in [0.29, 0.717) is 35.9 Å². The zero-order chi connectivity index (χ0) is 22.9. The van der Waals surface area contributed by atoms with Gasteiger partial charge in [-0.15, -0.1) is 10.2 Å². The summed E-state index contributed by atoms with van der Waals surface area (Å²) in [6.45, 7) is 3.75. The van der Waals surface area contributed by atoms with Gasteiger partial charge >= 0.3 is 6.18 Å². The van der Waals surface area contributed by atoms with E-state index in [-0.39, 0.29) is 18.9 Å². The number of hydrogen-bond acceptors (Lipinski definition) is 6. The van der Waals surface area contributed by atoms with Gasteiger partial charge < -0.3 is 14.6 Å². The Balaban J connectivity index is 1.53. The molecule has 7 nitrogen and oxygen atoms in total. The van der Waals surface area contributed by atoms with Crippen molar-refractivity contribution in [3.8, 4) is 23.0 Å². The molecule has 0 spiro atoms. The number of pyridine rings is 1. The van der Waals surface area contributed by atoms with Crippen LogP contribution in [-0.4, -0.2) is 44.1 Å². The van der Waals surface area contributed by atoms with E-state index >= 15 is 0 Å². The first-order valence-corrected chi connectivity index (χ1v) is 10.5. The van der Waals surface area contributed by atoms with Crippen LogP contribution in [0.25, 0.3) is 17.1 Å². The predicted molar refractivity (Wildman–Crippen MR) is 114 cm³/mol. The molecule has 0 bridgehead atoms. The lowest BCUT2D eigenvalue weighted by atomic mass is 9.85. The van der Waals surface area contributed by atoms with Gasteiger partial charge in [-0.1, -0.05) is 6.42 Å². The van der Waals surface area contributed by atoms with Crippen LogP contribution >= 0.6 is 0 Å². The van der Waals surface area contributed by atoms with Crippen LogP contribution in [-0.2, 0) is 0 Å². The lowest BCUT2D eigenvalue weighted by Crippen LogP contribution is -2.35. The van der Waals surface area contributed by atoms with Gasteiger partial charge in [0.2, 0.25) is 5.88 Å². The molecule has 0 aliphatic heterocycles. The fraction of sp³-hybridized carbons (Fsp3) is 0.455. The van der Waals surface area contributed by atoms with Crippen molar-refractivity contribution in [1.82, 2.24) is 24.7 Å². The number of rotatable bonds is 5. The van der Waals surface area contributed by atoms with Crippen LogP contribution in [0.15, 0.2) is 30.7 Å². The first-order chi connectivity index (χ1) is 15.2. The van der Waals surface area contributed by atoms with Crippen LogP contribution in [0.3, 0.4) is 0 Å². The van der Waals surface area contributed by atoms with Crippen LogP contribution in [0.1, 0.15) is 36.9 Å². The standard InChI is InChI=1S/C22H25F3N6O/c1-13-9-18(17-7-8-19(21(28-17)32-3)31-11-14(2)26-12-31)29-30-20(13)27-16-6-4-5-15(10-16)22(23,24)25/h7-9,11-12,15-16H,4-6,10H2,1-3H3,(H,27,30). The minimum Gasteiger partial charge on any atom is -0.479 e. The van der Waals surface area contributed by atoms with Crippen LogP contribution in [0.5, 0.6) is 5.88 Å². The maximum Gasteiger partial charge on any atom is 0.391 e. The molecule has 2 atom stereocenters. The summed E-state index contributed by atoms with van der Waals surface area (Å²) in [5.41, 5.74) is 3.55. The number of aryl methyl sites for hydroxylation is 2. The number of anilines is 1. The molecule has 3 aromatic heterocycles. The Hall–Kier alpha value is -3.17. The fourth-order valence-corrected chi connectivity index (χ4v) is 4.04. The Kier molecular flexibility index (Phi) is 6.03. The number of hydrogen-bond donors (Lipinski definition) is 1. The zero-order valence-corrected chi connectivity index (χ0v) is 18.1. The van der Waals surface area contributed by atoms with Crippen molar-refractivity contribution >= 4 is 5.82 Å². The van der Waals surface area contributed by atoms with E-state index in [1.807, 2.05) is 42.8 Å². The molecule has 3 aromatic rings. The lowest BCUT2D eigenvalue weighted by Gasteiger charge is -2.31. The first-order valence-electron chi connectivity index (χ1n) is 10.5. The second kappa shape index (κ2) is 8.76. The number of nitrogens with one attached hydrogen (secondary N) is 1. The molecule has 32 heavy (non-hydrogen) atoms. The van der Waals surface area contributed by atoms with Crippen molar-refractivity contribution in [3.05, 3.63) is 42.0 Å². The summed E-state index contributed by atoms with van der Waals surface area (Å²) < 4.78 is 46.6. The van der Waals surface area contributed by atoms with Gasteiger partial charge in [0.05, 0.1) is 30.7 Å². The topological polar surface area (TPSA) is 77.8 Å². The average molecular weight is 446 g/mol. The fourth-order valence-electron chi connectivity index (χ4n) is 4.04. The molecular formula is C22H25F3N6O. The van der Waals surface area contributed by atoms with Crippen LogP contribution < -0.4 is 10.1 Å². The Morgan fingerprint density at radius 2 is 1.94 bits per heavy atom. The van der Waals surface area contributed by atoms with Gasteiger partial charge in [-0.3, -0.25) is 0 Å². The summed E-state index contributed by atoms with van der Waals surface area (Å²) in [5.74, 6) is -0.350. The number of methoxy groups -OCH3 is 1. The molecule has 4 rings (SSSR count). The molecule has 1 aliphatic carbocycles. The normalized spacial score (nSPS) is 19.1. The van der Waals surface area contributed by atoms with E-state index in [9.17, 15) is 13.2 Å². The van der Waals surface area contributed by atoms with E-state index in [1.54, 1.807) is 13.4 Å². The van der Waals surface area contributed by atoms with Gasteiger partial charge in [0.1, 0.15) is 11.4 Å². The van der Waals surface area contributed by atoms with E-state index in [1.165, 1.54) is 0 Å². The smallest absolute Gasteiger partial charge is 0.391 e. The number of aromatic nitrogens is 5. The highest BCUT2D eigenvalue weighted by Gasteiger charge is 2.42. The number of ether oxygens (including phenoxy) is 1. The Morgan fingerprint density at radius 1 is 1.12 bits per heavy atom. The Bertz CT molecular complexity index is 1100. The summed E-state index contributed by atoms with van der Waals surface area (Å²) in [4.78, 5) is 8.78. The molecule has 1 fully saturated rings. The minimum absolute atomic E-state index is 0.0559. The second-order valence-electron chi connectivity index (χ2n) is 8.15. The zero-order valence-electron chi connectivity index (χ0n) is 18.1. The lowest BCUT2D eigenvalue weighted by molar-refractivity contribution is -0.182. The molecule has 1 aliphatic rings.